The van der Waals surface area contributed by atoms with E-state index in [1.165, 1.54) is 11.1 Å². The molecule has 35 heavy (non-hydrogen) atoms. The fourth-order valence-corrected chi connectivity index (χ4v) is 4.79. The lowest BCUT2D eigenvalue weighted by molar-refractivity contribution is 0.471. The first-order chi connectivity index (χ1) is 17.0. The van der Waals surface area contributed by atoms with Gasteiger partial charge in [-0.1, -0.05) is 12.1 Å². The molecule has 0 amide bonds. The van der Waals surface area contributed by atoms with Crippen molar-refractivity contribution in [3.63, 3.8) is 0 Å². The molecule has 3 aromatic heterocycles. The van der Waals surface area contributed by atoms with Crippen molar-refractivity contribution in [1.82, 2.24) is 29.6 Å². The van der Waals surface area contributed by atoms with Crippen LogP contribution in [0.25, 0.3) is 16.9 Å². The highest BCUT2D eigenvalue weighted by atomic mass is 16.1. The highest BCUT2D eigenvalue weighted by molar-refractivity contribution is 5.77. The molecule has 1 aliphatic heterocycles. The monoisotopic (exact) mass is 466 g/mol. The third kappa shape index (κ3) is 3.58. The molecule has 4 heterocycles. The maximum absolute atomic E-state index is 13.3. The quantitative estimate of drug-likeness (QED) is 0.463. The maximum atomic E-state index is 13.3. The first kappa shape index (κ1) is 21.5. The Morgan fingerprint density at radius 3 is 2.80 bits per heavy atom. The van der Waals surface area contributed by atoms with E-state index in [1.54, 1.807) is 15.6 Å². The molecule has 9 heteroatoms. The van der Waals surface area contributed by atoms with Crippen molar-refractivity contribution in [2.45, 2.75) is 51.1 Å². The number of nitriles is 1. The molecule has 0 atom stereocenters. The Morgan fingerprint density at radius 1 is 1.17 bits per heavy atom. The van der Waals surface area contributed by atoms with Gasteiger partial charge in [0.25, 0.3) is 5.56 Å². The number of pyridine rings is 1. The summed E-state index contributed by atoms with van der Waals surface area (Å²) >= 11 is 0. The second-order valence-electron chi connectivity index (χ2n) is 9.60. The summed E-state index contributed by atoms with van der Waals surface area (Å²) in [6.45, 7) is 5.74. The summed E-state index contributed by atoms with van der Waals surface area (Å²) in [7, 11) is 0. The molecule has 0 saturated heterocycles. The van der Waals surface area contributed by atoms with Crippen LogP contribution in [0.3, 0.4) is 0 Å². The van der Waals surface area contributed by atoms with Crippen molar-refractivity contribution in [3.05, 3.63) is 69.8 Å². The third-order valence-electron chi connectivity index (χ3n) is 6.87. The predicted molar refractivity (Wildman–Crippen MR) is 133 cm³/mol. The molecular formula is C26H26N8O. The van der Waals surface area contributed by atoms with Gasteiger partial charge >= 0.3 is 0 Å². The fraction of sp³-hybridized carbons (Fsp3) is 0.346. The molecule has 0 spiro atoms. The lowest BCUT2D eigenvalue weighted by Gasteiger charge is -2.18. The van der Waals surface area contributed by atoms with Crippen LogP contribution in [-0.2, 0) is 18.4 Å². The number of hydrogen-bond acceptors (Lipinski definition) is 7. The van der Waals surface area contributed by atoms with Gasteiger partial charge in [0, 0.05) is 24.5 Å². The smallest absolute Gasteiger partial charge is 0.278 e. The zero-order chi connectivity index (χ0) is 24.2. The minimum absolute atomic E-state index is 0.127. The second kappa shape index (κ2) is 8.03. The van der Waals surface area contributed by atoms with E-state index in [4.69, 9.17) is 9.97 Å². The third-order valence-corrected chi connectivity index (χ3v) is 6.87. The standard InChI is InChI=1S/C26H26N8O/c1-16(2)33-24(35)20-14-29-25(30-19-7-6-17-8-11-28-13-18(17)12-19)32-23(20)34(33)22-5-3-4-21(31-22)26(15-27)9-10-26/h3-7,12,14,16,28H,8-11,13H2,1-2H3,(H,29,30,32). The highest BCUT2D eigenvalue weighted by Gasteiger charge is 2.46. The summed E-state index contributed by atoms with van der Waals surface area (Å²) in [6, 6.07) is 14.2. The summed E-state index contributed by atoms with van der Waals surface area (Å²) in [6.07, 6.45) is 4.20. The van der Waals surface area contributed by atoms with E-state index in [9.17, 15) is 10.1 Å². The average Bonchev–Trinajstić information content (AvgIpc) is 3.62. The van der Waals surface area contributed by atoms with Crippen LogP contribution in [0.1, 0.15) is 49.6 Å². The maximum Gasteiger partial charge on any atom is 0.278 e. The van der Waals surface area contributed by atoms with Crippen molar-refractivity contribution in [3.8, 4) is 11.9 Å². The van der Waals surface area contributed by atoms with Gasteiger partial charge in [-0.25, -0.2) is 19.3 Å². The van der Waals surface area contributed by atoms with Crippen LogP contribution >= 0.6 is 0 Å². The van der Waals surface area contributed by atoms with Gasteiger partial charge in [-0.2, -0.15) is 10.2 Å². The van der Waals surface area contributed by atoms with E-state index >= 15 is 0 Å². The molecule has 0 unspecified atom stereocenters. The molecule has 1 saturated carbocycles. The Morgan fingerprint density at radius 2 is 2.03 bits per heavy atom. The largest absolute Gasteiger partial charge is 0.324 e. The van der Waals surface area contributed by atoms with Crippen molar-refractivity contribution in [2.24, 2.45) is 0 Å². The molecule has 1 aromatic carbocycles. The van der Waals surface area contributed by atoms with E-state index in [0.717, 1.165) is 43.7 Å². The Bertz CT molecular complexity index is 1550. The van der Waals surface area contributed by atoms with E-state index in [0.29, 0.717) is 22.8 Å². The summed E-state index contributed by atoms with van der Waals surface area (Å²) in [5.74, 6) is 0.969. The molecule has 2 aliphatic rings. The van der Waals surface area contributed by atoms with E-state index < -0.39 is 5.41 Å². The number of aromatic nitrogens is 5. The number of benzene rings is 1. The number of nitrogens with zero attached hydrogens (tertiary/aromatic N) is 6. The van der Waals surface area contributed by atoms with Crippen LogP contribution in [0.15, 0.2) is 47.4 Å². The summed E-state index contributed by atoms with van der Waals surface area (Å²) < 4.78 is 3.40. The summed E-state index contributed by atoms with van der Waals surface area (Å²) in [5, 5.41) is 16.8. The number of hydrogen-bond donors (Lipinski definition) is 2. The van der Waals surface area contributed by atoms with Gasteiger partial charge in [0.1, 0.15) is 5.39 Å². The van der Waals surface area contributed by atoms with Gasteiger partial charge in [-0.3, -0.25) is 4.79 Å². The molecular weight excluding hydrogens is 440 g/mol. The van der Waals surface area contributed by atoms with Crippen LogP contribution in [0.5, 0.6) is 0 Å². The second-order valence-corrected chi connectivity index (χ2v) is 9.60. The van der Waals surface area contributed by atoms with Crippen molar-refractivity contribution in [1.29, 1.82) is 5.26 Å². The minimum atomic E-state index is -0.523. The molecule has 176 valence electrons. The Labute approximate surface area is 202 Å². The molecule has 0 radical (unpaired) electrons. The van der Waals surface area contributed by atoms with Crippen LogP contribution < -0.4 is 16.2 Å². The molecule has 6 rings (SSSR count). The number of anilines is 2. The molecule has 1 fully saturated rings. The summed E-state index contributed by atoms with van der Waals surface area (Å²) in [4.78, 5) is 27.3. The highest BCUT2D eigenvalue weighted by Crippen LogP contribution is 2.46. The normalized spacial score (nSPS) is 16.2. The van der Waals surface area contributed by atoms with Gasteiger partial charge in [0.15, 0.2) is 11.5 Å². The number of nitrogens with one attached hydrogen (secondary N) is 2. The molecule has 2 N–H and O–H groups in total. The van der Waals surface area contributed by atoms with Gasteiger partial charge in [-0.15, -0.1) is 0 Å². The minimum Gasteiger partial charge on any atom is -0.324 e. The van der Waals surface area contributed by atoms with Gasteiger partial charge in [0.2, 0.25) is 5.95 Å². The Hall–Kier alpha value is -4.03. The molecule has 1 aliphatic carbocycles. The lowest BCUT2D eigenvalue weighted by atomic mass is 10.0. The summed E-state index contributed by atoms with van der Waals surface area (Å²) in [5.41, 5.74) is 4.03. The number of rotatable bonds is 5. The van der Waals surface area contributed by atoms with Crippen LogP contribution in [0, 0.1) is 11.3 Å². The van der Waals surface area contributed by atoms with Gasteiger partial charge < -0.3 is 10.6 Å². The van der Waals surface area contributed by atoms with E-state index in [1.807, 2.05) is 38.1 Å². The van der Waals surface area contributed by atoms with Crippen LogP contribution in [-0.4, -0.2) is 30.9 Å². The zero-order valence-corrected chi connectivity index (χ0v) is 19.7. The van der Waals surface area contributed by atoms with Gasteiger partial charge in [0.05, 0.1) is 17.2 Å². The topological polar surface area (TPSA) is 113 Å². The first-order valence-corrected chi connectivity index (χ1v) is 12.0. The van der Waals surface area contributed by atoms with Crippen LogP contribution in [0.2, 0.25) is 0 Å². The Balaban J connectivity index is 1.46. The lowest BCUT2D eigenvalue weighted by Crippen LogP contribution is -2.25. The molecule has 0 bridgehead atoms. The zero-order valence-electron chi connectivity index (χ0n) is 19.7. The van der Waals surface area contributed by atoms with E-state index in [-0.39, 0.29) is 11.6 Å². The molecule has 4 aromatic rings. The number of fused-ring (bicyclic) bond motifs is 2. The van der Waals surface area contributed by atoms with Crippen molar-refractivity contribution < 1.29 is 0 Å². The van der Waals surface area contributed by atoms with Crippen molar-refractivity contribution in [2.75, 3.05) is 11.9 Å². The molecule has 9 nitrogen and oxygen atoms in total. The Kier molecular flexibility index (Phi) is 4.93. The fourth-order valence-electron chi connectivity index (χ4n) is 4.79. The average molecular weight is 467 g/mol. The SMILES string of the molecule is CC(C)n1c(=O)c2cnc(Nc3ccc4c(c3)CNCC4)nc2n1-c1cccc(C2(C#N)CC2)n1. The van der Waals surface area contributed by atoms with E-state index in [2.05, 4.69) is 33.8 Å². The van der Waals surface area contributed by atoms with Crippen LogP contribution in [0.4, 0.5) is 11.6 Å². The first-order valence-electron chi connectivity index (χ1n) is 12.0. The predicted octanol–water partition coefficient (Wildman–Crippen LogP) is 3.50. The van der Waals surface area contributed by atoms with Gasteiger partial charge in [-0.05, 0) is 75.0 Å². The van der Waals surface area contributed by atoms with Crippen molar-refractivity contribution >= 4 is 22.7 Å².